The summed E-state index contributed by atoms with van der Waals surface area (Å²) in [5.41, 5.74) is 2.14. The molecule has 5 nitrogen and oxygen atoms in total. The van der Waals surface area contributed by atoms with Crippen LogP contribution in [-0.2, 0) is 11.3 Å². The number of hydrogen-bond acceptors (Lipinski definition) is 4. The van der Waals surface area contributed by atoms with Gasteiger partial charge in [0.05, 0.1) is 6.07 Å². The van der Waals surface area contributed by atoms with Gasteiger partial charge in [-0.1, -0.05) is 44.2 Å². The van der Waals surface area contributed by atoms with E-state index < -0.39 is 0 Å². The number of nitriles is 1. The van der Waals surface area contributed by atoms with Gasteiger partial charge in [0.2, 0.25) is 5.91 Å². The fraction of sp³-hybridized carbons (Fsp3) is 0.333. The van der Waals surface area contributed by atoms with Crippen LogP contribution in [0.1, 0.15) is 37.3 Å². The van der Waals surface area contributed by atoms with Gasteiger partial charge in [0.25, 0.3) is 0 Å². The molecule has 0 bridgehead atoms. The van der Waals surface area contributed by atoms with E-state index in [0.29, 0.717) is 31.4 Å². The molecular weight excluding hydrogens is 328 g/mol. The van der Waals surface area contributed by atoms with E-state index in [1.54, 1.807) is 0 Å². The molecule has 2 aromatic carbocycles. The number of amides is 1. The molecule has 1 N–H and O–H groups in total. The molecule has 0 saturated carbocycles. The van der Waals surface area contributed by atoms with Crippen molar-refractivity contribution in [1.29, 1.82) is 5.26 Å². The lowest BCUT2D eigenvalue weighted by Gasteiger charge is -2.13. The minimum Gasteiger partial charge on any atom is -0.490 e. The number of rotatable bonds is 9. The summed E-state index contributed by atoms with van der Waals surface area (Å²) in [5, 5.41) is 11.2. The van der Waals surface area contributed by atoms with Crippen LogP contribution in [0.4, 0.5) is 0 Å². The Kier molecular flexibility index (Phi) is 7.50. The van der Waals surface area contributed by atoms with Crippen LogP contribution in [0.3, 0.4) is 0 Å². The van der Waals surface area contributed by atoms with E-state index in [4.69, 9.17) is 14.7 Å². The molecule has 2 rings (SSSR count). The molecule has 0 unspecified atom stereocenters. The molecule has 0 heterocycles. The van der Waals surface area contributed by atoms with Crippen molar-refractivity contribution in [2.45, 2.75) is 32.7 Å². The second-order valence-electron chi connectivity index (χ2n) is 6.14. The zero-order chi connectivity index (χ0) is 18.8. The van der Waals surface area contributed by atoms with E-state index in [9.17, 15) is 4.79 Å². The largest absolute Gasteiger partial charge is 0.490 e. The number of para-hydroxylation sites is 1. The predicted octanol–water partition coefficient (Wildman–Crippen LogP) is 3.80. The Balaban J connectivity index is 1.80. The fourth-order valence-electron chi connectivity index (χ4n) is 2.38. The number of nitrogens with one attached hydrogen (secondary N) is 1. The van der Waals surface area contributed by atoms with Gasteiger partial charge < -0.3 is 14.8 Å². The summed E-state index contributed by atoms with van der Waals surface area (Å²) in [6.07, 6.45) is -0.146. The monoisotopic (exact) mass is 352 g/mol. The van der Waals surface area contributed by atoms with Crippen molar-refractivity contribution in [2.75, 3.05) is 13.2 Å². The highest BCUT2D eigenvalue weighted by molar-refractivity contribution is 5.78. The second-order valence-corrected chi connectivity index (χ2v) is 6.14. The summed E-state index contributed by atoms with van der Waals surface area (Å²) in [6, 6.07) is 17.4. The number of benzene rings is 2. The normalized spacial score (nSPS) is 10.2. The summed E-state index contributed by atoms with van der Waals surface area (Å²) >= 11 is 0. The third kappa shape index (κ3) is 6.14. The topological polar surface area (TPSA) is 71.3 Å². The minimum atomic E-state index is -0.296. The average Bonchev–Trinajstić information content (AvgIpc) is 2.65. The van der Waals surface area contributed by atoms with Crippen LogP contribution < -0.4 is 14.8 Å². The molecule has 0 aromatic heterocycles. The molecule has 0 aliphatic rings. The Morgan fingerprint density at radius 1 is 1.08 bits per heavy atom. The Bertz CT molecular complexity index is 749. The molecule has 26 heavy (non-hydrogen) atoms. The zero-order valence-corrected chi connectivity index (χ0v) is 15.2. The van der Waals surface area contributed by atoms with Gasteiger partial charge in [-0.25, -0.2) is 0 Å². The number of nitrogens with zero attached hydrogens (tertiary/aromatic N) is 1. The standard InChI is InChI=1S/C21H24N2O3/c1-16(2)17-7-9-19(10-8-17)25-13-14-26-20-6-4-3-5-18(20)15-23-21(24)11-12-22/h3-10,16H,11,13-15H2,1-2H3,(H,23,24). The van der Waals surface area contributed by atoms with Crippen molar-refractivity contribution < 1.29 is 14.3 Å². The average molecular weight is 352 g/mol. The highest BCUT2D eigenvalue weighted by Gasteiger charge is 2.06. The van der Waals surface area contributed by atoms with Gasteiger partial charge >= 0.3 is 0 Å². The molecular formula is C21H24N2O3. The molecule has 5 heteroatoms. The van der Waals surface area contributed by atoms with Gasteiger partial charge in [-0.3, -0.25) is 4.79 Å². The van der Waals surface area contributed by atoms with Crippen molar-refractivity contribution in [3.05, 3.63) is 59.7 Å². The van der Waals surface area contributed by atoms with Crippen molar-refractivity contribution in [3.63, 3.8) is 0 Å². The van der Waals surface area contributed by atoms with Gasteiger partial charge in [0.15, 0.2) is 0 Å². The van der Waals surface area contributed by atoms with Crippen LogP contribution in [0, 0.1) is 11.3 Å². The quantitative estimate of drug-likeness (QED) is 0.697. The van der Waals surface area contributed by atoms with E-state index in [0.717, 1.165) is 11.3 Å². The SMILES string of the molecule is CC(C)c1ccc(OCCOc2ccccc2CNC(=O)CC#N)cc1. The minimum absolute atomic E-state index is 0.146. The van der Waals surface area contributed by atoms with Crippen LogP contribution in [0.15, 0.2) is 48.5 Å². The summed E-state index contributed by atoms with van der Waals surface area (Å²) < 4.78 is 11.5. The third-order valence-corrected chi connectivity index (χ3v) is 3.84. The third-order valence-electron chi connectivity index (χ3n) is 3.84. The molecule has 0 aliphatic carbocycles. The molecule has 0 saturated heterocycles. The predicted molar refractivity (Wildman–Crippen MR) is 100 cm³/mol. The molecule has 0 fully saturated rings. The van der Waals surface area contributed by atoms with Crippen LogP contribution >= 0.6 is 0 Å². The number of carbonyl (C=O) groups is 1. The van der Waals surface area contributed by atoms with Crippen molar-refractivity contribution >= 4 is 5.91 Å². The van der Waals surface area contributed by atoms with Crippen LogP contribution in [0.25, 0.3) is 0 Å². The maximum atomic E-state index is 11.4. The number of carbonyl (C=O) groups excluding carboxylic acids is 1. The lowest BCUT2D eigenvalue weighted by molar-refractivity contribution is -0.120. The van der Waals surface area contributed by atoms with Crippen molar-refractivity contribution in [1.82, 2.24) is 5.32 Å². The van der Waals surface area contributed by atoms with Crippen LogP contribution in [0.5, 0.6) is 11.5 Å². The molecule has 1 amide bonds. The summed E-state index contributed by atoms with van der Waals surface area (Å²) in [7, 11) is 0. The fourth-order valence-corrected chi connectivity index (χ4v) is 2.38. The highest BCUT2D eigenvalue weighted by Crippen LogP contribution is 2.19. The number of hydrogen-bond donors (Lipinski definition) is 1. The first-order valence-corrected chi connectivity index (χ1v) is 8.67. The lowest BCUT2D eigenvalue weighted by atomic mass is 10.0. The molecule has 0 aliphatic heterocycles. The van der Waals surface area contributed by atoms with E-state index >= 15 is 0 Å². The molecule has 0 spiro atoms. The summed E-state index contributed by atoms with van der Waals surface area (Å²) in [6.45, 7) is 5.47. The molecule has 0 radical (unpaired) electrons. The van der Waals surface area contributed by atoms with Crippen LogP contribution in [-0.4, -0.2) is 19.1 Å². The summed E-state index contributed by atoms with van der Waals surface area (Å²) in [4.78, 5) is 11.4. The smallest absolute Gasteiger partial charge is 0.234 e. The van der Waals surface area contributed by atoms with Crippen molar-refractivity contribution in [2.24, 2.45) is 0 Å². The van der Waals surface area contributed by atoms with Gasteiger partial charge in [-0.15, -0.1) is 0 Å². The van der Waals surface area contributed by atoms with E-state index in [1.165, 1.54) is 5.56 Å². The Morgan fingerprint density at radius 2 is 1.77 bits per heavy atom. The first-order valence-electron chi connectivity index (χ1n) is 8.67. The van der Waals surface area contributed by atoms with Gasteiger partial charge in [-0.05, 0) is 29.7 Å². The molecule has 2 aromatic rings. The van der Waals surface area contributed by atoms with Gasteiger partial charge in [0.1, 0.15) is 31.1 Å². The summed E-state index contributed by atoms with van der Waals surface area (Å²) in [5.74, 6) is 1.71. The van der Waals surface area contributed by atoms with Crippen LogP contribution in [0.2, 0.25) is 0 Å². The Labute approximate surface area is 154 Å². The van der Waals surface area contributed by atoms with Crippen molar-refractivity contribution in [3.8, 4) is 17.6 Å². The first-order chi connectivity index (χ1) is 12.6. The second kappa shape index (κ2) is 10.1. The van der Waals surface area contributed by atoms with E-state index in [-0.39, 0.29) is 12.3 Å². The van der Waals surface area contributed by atoms with Gasteiger partial charge in [0, 0.05) is 12.1 Å². The maximum absolute atomic E-state index is 11.4. The maximum Gasteiger partial charge on any atom is 0.234 e. The molecule has 136 valence electrons. The lowest BCUT2D eigenvalue weighted by Crippen LogP contribution is -2.22. The van der Waals surface area contributed by atoms with E-state index in [2.05, 4.69) is 31.3 Å². The number of ether oxygens (including phenoxy) is 2. The highest BCUT2D eigenvalue weighted by atomic mass is 16.5. The van der Waals surface area contributed by atoms with Gasteiger partial charge in [-0.2, -0.15) is 5.26 Å². The molecule has 0 atom stereocenters. The van der Waals surface area contributed by atoms with E-state index in [1.807, 2.05) is 42.5 Å². The Morgan fingerprint density at radius 3 is 2.46 bits per heavy atom. The Hall–Kier alpha value is -3.00. The first kappa shape index (κ1) is 19.3. The zero-order valence-electron chi connectivity index (χ0n) is 15.2.